The first-order valence-electron chi connectivity index (χ1n) is 6.07. The second-order valence-corrected chi connectivity index (χ2v) is 4.65. The van der Waals surface area contributed by atoms with Crippen LogP contribution in [0.3, 0.4) is 0 Å². The van der Waals surface area contributed by atoms with Gasteiger partial charge in [0, 0.05) is 29.4 Å². The number of rotatable bonds is 0. The molecule has 2 aromatic carbocycles. The number of pyridine rings is 1. The van der Waals surface area contributed by atoms with Crippen LogP contribution in [-0.2, 0) is 7.05 Å². The van der Waals surface area contributed by atoms with Crippen molar-refractivity contribution >= 4 is 21.7 Å². The van der Waals surface area contributed by atoms with Crippen LogP contribution in [0.2, 0.25) is 0 Å². The fraction of sp³-hybridized carbons (Fsp3) is 0.0625. The lowest BCUT2D eigenvalue weighted by Crippen LogP contribution is -1.96. The van der Waals surface area contributed by atoms with E-state index >= 15 is 0 Å². The zero-order valence-corrected chi connectivity index (χ0v) is 10.1. The summed E-state index contributed by atoms with van der Waals surface area (Å²) in [5.74, 6) is 0. The van der Waals surface area contributed by atoms with E-state index in [1.807, 2.05) is 6.07 Å². The molecule has 86 valence electrons. The van der Waals surface area contributed by atoms with Crippen molar-refractivity contribution in [3.05, 3.63) is 54.7 Å². The summed E-state index contributed by atoms with van der Waals surface area (Å²) in [6, 6.07) is 16.7. The van der Waals surface area contributed by atoms with Crippen molar-refractivity contribution in [3.63, 3.8) is 0 Å². The minimum absolute atomic E-state index is 1.07. The molecule has 2 aliphatic rings. The van der Waals surface area contributed by atoms with Gasteiger partial charge in [-0.05, 0) is 6.07 Å². The highest BCUT2D eigenvalue weighted by molar-refractivity contribution is 6.05. The first-order valence-corrected chi connectivity index (χ1v) is 6.07. The molecule has 0 N–H and O–H groups in total. The van der Waals surface area contributed by atoms with Crippen LogP contribution in [0.15, 0.2) is 54.7 Å². The molecule has 0 atom stereocenters. The van der Waals surface area contributed by atoms with Crippen molar-refractivity contribution in [1.82, 2.24) is 9.55 Å². The molecule has 2 heterocycles. The number of hydrogen-bond donors (Lipinski definition) is 0. The summed E-state index contributed by atoms with van der Waals surface area (Å²) in [7, 11) is 2.09. The highest BCUT2D eigenvalue weighted by atomic mass is 15.0. The third kappa shape index (κ3) is 1.15. The van der Waals surface area contributed by atoms with Gasteiger partial charge in [-0.25, -0.2) is 4.98 Å². The average Bonchev–Trinajstić information content (AvgIpc) is 2.79. The van der Waals surface area contributed by atoms with Crippen molar-refractivity contribution in [1.29, 1.82) is 0 Å². The number of aryl methyl sites for hydroxylation is 1. The second kappa shape index (κ2) is 3.33. The smallest absolute Gasteiger partial charge is 0.0959 e. The molecular formula is C16H12N2. The summed E-state index contributed by atoms with van der Waals surface area (Å²) in [5, 5.41) is 3.68. The Morgan fingerprint density at radius 1 is 0.889 bits per heavy atom. The topological polar surface area (TPSA) is 17.8 Å². The first kappa shape index (κ1) is 9.66. The van der Waals surface area contributed by atoms with Gasteiger partial charge in [-0.2, -0.15) is 0 Å². The fourth-order valence-electron chi connectivity index (χ4n) is 2.72. The Kier molecular flexibility index (Phi) is 1.78. The molecule has 0 aromatic heterocycles. The Morgan fingerprint density at radius 3 is 2.50 bits per heavy atom. The van der Waals surface area contributed by atoms with Gasteiger partial charge in [0.15, 0.2) is 0 Å². The Hall–Kier alpha value is -2.35. The number of para-hydroxylation sites is 1. The molecule has 2 aliphatic heterocycles. The van der Waals surface area contributed by atoms with E-state index in [9.17, 15) is 0 Å². The van der Waals surface area contributed by atoms with E-state index < -0.39 is 0 Å². The summed E-state index contributed by atoms with van der Waals surface area (Å²) in [6.07, 6.45) is 2.17. The van der Waals surface area contributed by atoms with Gasteiger partial charge in [0.25, 0.3) is 0 Å². The quantitative estimate of drug-likeness (QED) is 0.450. The van der Waals surface area contributed by atoms with E-state index in [0.29, 0.717) is 0 Å². The van der Waals surface area contributed by atoms with Crippen LogP contribution in [0, 0.1) is 0 Å². The monoisotopic (exact) mass is 232 g/mol. The van der Waals surface area contributed by atoms with Crippen LogP contribution >= 0.6 is 0 Å². The summed E-state index contributed by atoms with van der Waals surface area (Å²) < 4.78 is 2.17. The van der Waals surface area contributed by atoms with Gasteiger partial charge in [-0.1, -0.05) is 42.5 Å². The van der Waals surface area contributed by atoms with Crippen molar-refractivity contribution in [3.8, 4) is 11.4 Å². The number of nitrogens with zero attached hydrogens (tertiary/aromatic N) is 2. The van der Waals surface area contributed by atoms with Crippen molar-refractivity contribution in [2.45, 2.75) is 0 Å². The van der Waals surface area contributed by atoms with E-state index in [2.05, 4.69) is 60.3 Å². The minimum Gasteiger partial charge on any atom is -0.348 e. The lowest BCUT2D eigenvalue weighted by atomic mass is 10.1. The molecule has 0 radical (unpaired) electrons. The SMILES string of the molecule is Cn1cc2ccccc2c2nc3ccccc3c1-2. The van der Waals surface area contributed by atoms with Gasteiger partial charge in [-0.3, -0.25) is 0 Å². The Bertz CT molecular complexity index is 842. The Labute approximate surface area is 105 Å². The normalized spacial score (nSPS) is 11.6. The van der Waals surface area contributed by atoms with E-state index in [1.54, 1.807) is 0 Å². The third-order valence-electron chi connectivity index (χ3n) is 3.52. The van der Waals surface area contributed by atoms with Crippen LogP contribution in [0.25, 0.3) is 33.1 Å². The van der Waals surface area contributed by atoms with Gasteiger partial charge in [-0.15, -0.1) is 0 Å². The molecule has 2 aromatic rings. The van der Waals surface area contributed by atoms with E-state index in [0.717, 1.165) is 11.2 Å². The fourth-order valence-corrected chi connectivity index (χ4v) is 2.72. The second-order valence-electron chi connectivity index (χ2n) is 4.65. The van der Waals surface area contributed by atoms with Gasteiger partial charge >= 0.3 is 0 Å². The lowest BCUT2D eigenvalue weighted by molar-refractivity contribution is 0.929. The highest BCUT2D eigenvalue weighted by Gasteiger charge is 2.16. The van der Waals surface area contributed by atoms with E-state index in [-0.39, 0.29) is 0 Å². The summed E-state index contributed by atoms with van der Waals surface area (Å²) in [5.41, 5.74) is 3.38. The molecular weight excluding hydrogens is 220 g/mol. The van der Waals surface area contributed by atoms with Gasteiger partial charge in [0.05, 0.1) is 16.9 Å². The highest BCUT2D eigenvalue weighted by Crippen LogP contribution is 2.35. The number of aromatic nitrogens is 2. The van der Waals surface area contributed by atoms with Crippen LogP contribution in [-0.4, -0.2) is 9.55 Å². The molecule has 0 aliphatic carbocycles. The number of hydrogen-bond acceptors (Lipinski definition) is 1. The molecule has 2 nitrogen and oxygen atoms in total. The van der Waals surface area contributed by atoms with Crippen LogP contribution < -0.4 is 0 Å². The summed E-state index contributed by atoms with van der Waals surface area (Å²) in [6.45, 7) is 0. The largest absolute Gasteiger partial charge is 0.348 e. The predicted molar refractivity (Wildman–Crippen MR) is 74.8 cm³/mol. The molecule has 0 bridgehead atoms. The Balaban J connectivity index is 2.32. The first-order chi connectivity index (χ1) is 8.84. The molecule has 0 unspecified atom stereocenters. The molecule has 2 heteroatoms. The van der Waals surface area contributed by atoms with Crippen LogP contribution in [0.4, 0.5) is 0 Å². The van der Waals surface area contributed by atoms with Crippen molar-refractivity contribution in [2.75, 3.05) is 0 Å². The summed E-state index contributed by atoms with van der Waals surface area (Å²) >= 11 is 0. The predicted octanol–water partition coefficient (Wildman–Crippen LogP) is 3.83. The molecule has 4 rings (SSSR count). The van der Waals surface area contributed by atoms with E-state index in [4.69, 9.17) is 4.98 Å². The zero-order valence-electron chi connectivity index (χ0n) is 10.1. The lowest BCUT2D eigenvalue weighted by Gasteiger charge is -2.10. The number of benzene rings is 2. The third-order valence-corrected chi connectivity index (χ3v) is 3.52. The minimum atomic E-state index is 1.07. The maximum atomic E-state index is 4.78. The number of fused-ring (bicyclic) bond motifs is 5. The summed E-state index contributed by atoms with van der Waals surface area (Å²) in [4.78, 5) is 4.78. The van der Waals surface area contributed by atoms with Crippen molar-refractivity contribution < 1.29 is 0 Å². The maximum Gasteiger partial charge on any atom is 0.0959 e. The molecule has 0 fully saturated rings. The van der Waals surface area contributed by atoms with Gasteiger partial charge < -0.3 is 4.57 Å². The van der Waals surface area contributed by atoms with Crippen LogP contribution in [0.1, 0.15) is 0 Å². The maximum absolute atomic E-state index is 4.78. The molecule has 0 spiro atoms. The molecule has 18 heavy (non-hydrogen) atoms. The standard InChI is InChI=1S/C16H12N2/c1-18-10-11-6-2-3-7-12(11)15-16(18)13-8-4-5-9-14(13)17-15/h2-10H,1H3. The van der Waals surface area contributed by atoms with Gasteiger partial charge in [0.2, 0.25) is 0 Å². The Morgan fingerprint density at radius 2 is 1.61 bits per heavy atom. The zero-order chi connectivity index (χ0) is 12.1. The average molecular weight is 232 g/mol. The van der Waals surface area contributed by atoms with Crippen LogP contribution in [0.5, 0.6) is 0 Å². The van der Waals surface area contributed by atoms with Gasteiger partial charge in [0.1, 0.15) is 0 Å². The molecule has 0 saturated heterocycles. The van der Waals surface area contributed by atoms with Crippen molar-refractivity contribution in [2.24, 2.45) is 7.05 Å². The molecule has 0 amide bonds. The molecule has 0 saturated carbocycles. The van der Waals surface area contributed by atoms with E-state index in [1.165, 1.54) is 21.9 Å².